The third-order valence-corrected chi connectivity index (χ3v) is 3.60. The molecule has 116 valence electrons. The number of rotatable bonds is 7. The molecule has 0 aliphatic heterocycles. The molecule has 2 aromatic rings. The summed E-state index contributed by atoms with van der Waals surface area (Å²) in [7, 11) is 0. The number of hydrogen-bond acceptors (Lipinski definition) is 3. The maximum atomic E-state index is 6.25. The second-order valence-electron chi connectivity index (χ2n) is 5.89. The number of alkyl halides is 1. The molecule has 0 saturated heterocycles. The standard InChI is InChI=1S/C16H24ClN3O/c1-11(2)5-7-21-8-6-20-15(13(4)17)19-14-9-12(3)10-18-16(14)20/h9-11,13H,5-8H2,1-4H3. The van der Waals surface area contributed by atoms with Crippen LogP contribution in [0.3, 0.4) is 0 Å². The number of fused-ring (bicyclic) bond motifs is 1. The number of pyridine rings is 1. The van der Waals surface area contributed by atoms with Gasteiger partial charge in [-0.15, -0.1) is 11.6 Å². The van der Waals surface area contributed by atoms with E-state index in [-0.39, 0.29) is 5.38 Å². The van der Waals surface area contributed by atoms with Crippen molar-refractivity contribution in [3.63, 3.8) is 0 Å². The molecule has 5 heteroatoms. The minimum atomic E-state index is -0.143. The average molecular weight is 310 g/mol. The first kappa shape index (κ1) is 16.2. The van der Waals surface area contributed by atoms with Crippen LogP contribution >= 0.6 is 11.6 Å². The molecule has 0 amide bonds. The van der Waals surface area contributed by atoms with Gasteiger partial charge in [-0.25, -0.2) is 9.97 Å². The van der Waals surface area contributed by atoms with E-state index < -0.39 is 0 Å². The van der Waals surface area contributed by atoms with Crippen LogP contribution in [0.25, 0.3) is 11.2 Å². The monoisotopic (exact) mass is 309 g/mol. The smallest absolute Gasteiger partial charge is 0.160 e. The number of aromatic nitrogens is 3. The topological polar surface area (TPSA) is 39.9 Å². The van der Waals surface area contributed by atoms with Crippen molar-refractivity contribution in [1.82, 2.24) is 14.5 Å². The summed E-state index contributed by atoms with van der Waals surface area (Å²) in [6, 6.07) is 2.04. The summed E-state index contributed by atoms with van der Waals surface area (Å²) >= 11 is 6.25. The first-order valence-corrected chi connectivity index (χ1v) is 7.97. The summed E-state index contributed by atoms with van der Waals surface area (Å²) in [6.07, 6.45) is 2.95. The van der Waals surface area contributed by atoms with Gasteiger partial charge in [-0.3, -0.25) is 0 Å². The Morgan fingerprint density at radius 3 is 2.71 bits per heavy atom. The Balaban J connectivity index is 2.11. The molecule has 4 nitrogen and oxygen atoms in total. The minimum Gasteiger partial charge on any atom is -0.380 e. The molecule has 0 aliphatic carbocycles. The van der Waals surface area contributed by atoms with Gasteiger partial charge in [-0.05, 0) is 37.8 Å². The molecule has 2 heterocycles. The predicted molar refractivity (Wildman–Crippen MR) is 86.8 cm³/mol. The van der Waals surface area contributed by atoms with Gasteiger partial charge in [0.2, 0.25) is 0 Å². The van der Waals surface area contributed by atoms with E-state index in [0.717, 1.165) is 42.1 Å². The molecule has 21 heavy (non-hydrogen) atoms. The van der Waals surface area contributed by atoms with Crippen LogP contribution in [0.2, 0.25) is 0 Å². The van der Waals surface area contributed by atoms with Gasteiger partial charge < -0.3 is 9.30 Å². The van der Waals surface area contributed by atoms with Gasteiger partial charge in [0.25, 0.3) is 0 Å². The molecule has 0 radical (unpaired) electrons. The Morgan fingerprint density at radius 1 is 1.29 bits per heavy atom. The molecule has 1 atom stereocenters. The predicted octanol–water partition coefficient (Wildman–Crippen LogP) is 4.10. The van der Waals surface area contributed by atoms with Gasteiger partial charge in [-0.2, -0.15) is 0 Å². The van der Waals surface area contributed by atoms with Gasteiger partial charge in [0, 0.05) is 19.3 Å². The van der Waals surface area contributed by atoms with Crippen LogP contribution in [0.1, 0.15) is 44.0 Å². The zero-order valence-corrected chi connectivity index (χ0v) is 14.0. The van der Waals surface area contributed by atoms with Crippen LogP contribution in [0, 0.1) is 12.8 Å². The van der Waals surface area contributed by atoms with Gasteiger partial charge in [0.15, 0.2) is 5.65 Å². The van der Waals surface area contributed by atoms with E-state index in [1.165, 1.54) is 0 Å². The Hall–Kier alpha value is -1.13. The summed E-state index contributed by atoms with van der Waals surface area (Å²) in [5, 5.41) is -0.143. The summed E-state index contributed by atoms with van der Waals surface area (Å²) in [6.45, 7) is 10.5. The second-order valence-corrected chi connectivity index (χ2v) is 6.54. The lowest BCUT2D eigenvalue weighted by Gasteiger charge is -2.11. The van der Waals surface area contributed by atoms with Gasteiger partial charge in [-0.1, -0.05) is 13.8 Å². The average Bonchev–Trinajstić information content (AvgIpc) is 2.76. The Bertz CT molecular complexity index is 592. The van der Waals surface area contributed by atoms with Crippen molar-refractivity contribution in [3.05, 3.63) is 23.7 Å². The highest BCUT2D eigenvalue weighted by molar-refractivity contribution is 6.20. The third kappa shape index (κ3) is 4.17. The maximum Gasteiger partial charge on any atom is 0.160 e. The normalized spacial score (nSPS) is 13.2. The summed E-state index contributed by atoms with van der Waals surface area (Å²) in [5.41, 5.74) is 2.89. The fourth-order valence-electron chi connectivity index (χ4n) is 2.23. The molecular formula is C16H24ClN3O. The van der Waals surface area contributed by atoms with Crippen LogP contribution in [0.5, 0.6) is 0 Å². The van der Waals surface area contributed by atoms with Crippen molar-refractivity contribution >= 4 is 22.8 Å². The molecule has 0 N–H and O–H groups in total. The van der Waals surface area contributed by atoms with Gasteiger partial charge in [0.1, 0.15) is 11.3 Å². The fourth-order valence-corrected chi connectivity index (χ4v) is 2.40. The molecule has 0 aromatic carbocycles. The second kappa shape index (κ2) is 7.23. The Labute approximate surface area is 131 Å². The van der Waals surface area contributed by atoms with E-state index in [4.69, 9.17) is 16.3 Å². The number of nitrogens with zero attached hydrogens (tertiary/aromatic N) is 3. The zero-order chi connectivity index (χ0) is 15.4. The lowest BCUT2D eigenvalue weighted by Crippen LogP contribution is -2.11. The Kier molecular flexibility index (Phi) is 5.59. The molecule has 0 saturated carbocycles. The van der Waals surface area contributed by atoms with E-state index in [0.29, 0.717) is 12.5 Å². The SMILES string of the molecule is Cc1cnc2c(c1)nc(C(C)Cl)n2CCOCCC(C)C. The van der Waals surface area contributed by atoms with Crippen LogP contribution in [0.15, 0.2) is 12.3 Å². The molecule has 0 fully saturated rings. The molecule has 0 spiro atoms. The zero-order valence-electron chi connectivity index (χ0n) is 13.3. The first-order chi connectivity index (χ1) is 9.99. The van der Waals surface area contributed by atoms with Crippen LogP contribution in [-0.4, -0.2) is 27.7 Å². The molecular weight excluding hydrogens is 286 g/mol. The van der Waals surface area contributed by atoms with E-state index in [1.807, 2.05) is 26.1 Å². The highest BCUT2D eigenvalue weighted by Gasteiger charge is 2.15. The van der Waals surface area contributed by atoms with Crippen molar-refractivity contribution < 1.29 is 4.74 Å². The quantitative estimate of drug-likeness (QED) is 0.571. The van der Waals surface area contributed by atoms with Crippen molar-refractivity contribution in [1.29, 1.82) is 0 Å². The number of aryl methyl sites for hydroxylation is 1. The van der Waals surface area contributed by atoms with Gasteiger partial charge in [0.05, 0.1) is 12.0 Å². The van der Waals surface area contributed by atoms with Crippen LogP contribution < -0.4 is 0 Å². The molecule has 1 unspecified atom stereocenters. The van der Waals surface area contributed by atoms with E-state index in [1.54, 1.807) is 0 Å². The highest BCUT2D eigenvalue weighted by atomic mass is 35.5. The Morgan fingerprint density at radius 2 is 2.05 bits per heavy atom. The molecule has 0 bridgehead atoms. The number of hydrogen-bond donors (Lipinski definition) is 0. The maximum absolute atomic E-state index is 6.25. The molecule has 2 rings (SSSR count). The van der Waals surface area contributed by atoms with Crippen molar-refractivity contribution in [2.45, 2.75) is 46.0 Å². The van der Waals surface area contributed by atoms with E-state index in [9.17, 15) is 0 Å². The van der Waals surface area contributed by atoms with E-state index in [2.05, 4.69) is 28.4 Å². The minimum absolute atomic E-state index is 0.143. The summed E-state index contributed by atoms with van der Waals surface area (Å²) < 4.78 is 7.78. The summed E-state index contributed by atoms with van der Waals surface area (Å²) in [4.78, 5) is 9.11. The van der Waals surface area contributed by atoms with Crippen molar-refractivity contribution in [2.24, 2.45) is 5.92 Å². The van der Waals surface area contributed by atoms with Gasteiger partial charge >= 0.3 is 0 Å². The largest absolute Gasteiger partial charge is 0.380 e. The van der Waals surface area contributed by atoms with Crippen LogP contribution in [0.4, 0.5) is 0 Å². The fraction of sp³-hybridized carbons (Fsp3) is 0.625. The lowest BCUT2D eigenvalue weighted by molar-refractivity contribution is 0.116. The lowest BCUT2D eigenvalue weighted by atomic mass is 10.1. The number of imidazole rings is 1. The first-order valence-electron chi connectivity index (χ1n) is 7.53. The number of halogens is 1. The van der Waals surface area contributed by atoms with E-state index >= 15 is 0 Å². The van der Waals surface area contributed by atoms with Crippen LogP contribution in [-0.2, 0) is 11.3 Å². The number of ether oxygens (including phenoxy) is 1. The highest BCUT2D eigenvalue weighted by Crippen LogP contribution is 2.23. The third-order valence-electron chi connectivity index (χ3n) is 3.41. The molecule has 0 aliphatic rings. The van der Waals surface area contributed by atoms with Crippen molar-refractivity contribution in [2.75, 3.05) is 13.2 Å². The summed E-state index contributed by atoms with van der Waals surface area (Å²) in [5.74, 6) is 1.53. The molecule has 2 aromatic heterocycles. The van der Waals surface area contributed by atoms with Crippen molar-refractivity contribution in [3.8, 4) is 0 Å².